The molecule has 3 saturated carbocycles. The topological polar surface area (TPSA) is 95.7 Å². The van der Waals surface area contributed by atoms with Gasteiger partial charge in [0.05, 0.1) is 0 Å². The molecule has 4 aliphatic rings. The Hall–Kier alpha value is -1.92. The molecule has 0 saturated heterocycles. The van der Waals surface area contributed by atoms with E-state index in [2.05, 4.69) is 13.8 Å². The Bertz CT molecular complexity index is 777. The van der Waals surface area contributed by atoms with Crippen LogP contribution >= 0.6 is 0 Å². The Labute approximate surface area is 171 Å². The van der Waals surface area contributed by atoms with Crippen molar-refractivity contribution in [2.75, 3.05) is 0 Å². The first-order valence-corrected chi connectivity index (χ1v) is 10.8. The Morgan fingerprint density at radius 3 is 2.34 bits per heavy atom. The summed E-state index contributed by atoms with van der Waals surface area (Å²) in [7, 11) is 0. The summed E-state index contributed by atoms with van der Waals surface area (Å²) in [5.74, 6) is -0.273. The number of ether oxygens (including phenoxy) is 2. The van der Waals surface area contributed by atoms with Crippen LogP contribution in [0, 0.1) is 38.7 Å². The summed E-state index contributed by atoms with van der Waals surface area (Å²) in [4.78, 5) is 35.2. The molecule has 0 heterocycles. The van der Waals surface area contributed by atoms with Crippen molar-refractivity contribution in [3.8, 4) is 0 Å². The van der Waals surface area contributed by atoms with E-state index in [4.69, 9.17) is 9.47 Å². The van der Waals surface area contributed by atoms with Crippen LogP contribution in [0.2, 0.25) is 0 Å². The number of nitro groups is 1. The van der Waals surface area contributed by atoms with Gasteiger partial charge >= 0.3 is 11.9 Å². The number of carbonyl (C=O) groups is 2. The maximum atomic E-state index is 12.3. The monoisotopic (exact) mass is 405 g/mol. The number of hydrogen-bond donors (Lipinski definition) is 0. The molecule has 0 aliphatic heterocycles. The average Bonchev–Trinajstić information content (AvgIpc) is 3.06. The van der Waals surface area contributed by atoms with Crippen LogP contribution in [0.4, 0.5) is 0 Å². The minimum absolute atomic E-state index is 0.0587. The third-order valence-electron chi connectivity index (χ3n) is 8.57. The predicted octanol–water partition coefficient (Wildman–Crippen LogP) is 3.68. The first kappa shape index (κ1) is 20.4. The van der Waals surface area contributed by atoms with E-state index in [-0.39, 0.29) is 57.7 Å². The molecule has 0 bridgehead atoms. The third-order valence-corrected chi connectivity index (χ3v) is 8.57. The molecule has 8 atom stereocenters. The average molecular weight is 405 g/mol. The van der Waals surface area contributed by atoms with Gasteiger partial charge < -0.3 is 9.47 Å². The molecule has 4 rings (SSSR count). The van der Waals surface area contributed by atoms with Crippen LogP contribution in [-0.2, 0) is 19.1 Å². The summed E-state index contributed by atoms with van der Waals surface area (Å²) in [6, 6.07) is -0.746. The van der Waals surface area contributed by atoms with Crippen LogP contribution in [-0.4, -0.2) is 35.1 Å². The normalized spacial score (nSPS) is 45.4. The van der Waals surface area contributed by atoms with E-state index in [0.29, 0.717) is 6.42 Å². The Balaban J connectivity index is 1.72. The van der Waals surface area contributed by atoms with Crippen LogP contribution in [0.1, 0.15) is 66.2 Å². The minimum Gasteiger partial charge on any atom is -0.462 e. The van der Waals surface area contributed by atoms with Crippen LogP contribution in [0.15, 0.2) is 11.6 Å². The second kappa shape index (κ2) is 6.81. The largest absolute Gasteiger partial charge is 0.462 e. The van der Waals surface area contributed by atoms with Gasteiger partial charge in [0.15, 0.2) is 0 Å². The maximum Gasteiger partial charge on any atom is 0.303 e. The van der Waals surface area contributed by atoms with Gasteiger partial charge in [0.25, 0.3) is 0 Å². The van der Waals surface area contributed by atoms with Gasteiger partial charge in [0, 0.05) is 35.7 Å². The molecule has 0 aromatic heterocycles. The zero-order valence-electron chi connectivity index (χ0n) is 17.7. The van der Waals surface area contributed by atoms with Gasteiger partial charge in [0.1, 0.15) is 12.2 Å². The first-order valence-electron chi connectivity index (χ1n) is 10.8. The number of esters is 2. The SMILES string of the molecule is CC(=O)O[C@@H]1C=C2C([N+](=O)[O-])[C@H]3[C@@H]4CC[C@H](OC(C)=O)[C@@]4(C)CC[C@@H]3[C@@]2(C)CC1. The molecule has 0 amide bonds. The fourth-order valence-corrected chi connectivity index (χ4v) is 7.39. The zero-order valence-corrected chi connectivity index (χ0v) is 17.7. The third kappa shape index (κ3) is 2.99. The molecule has 7 nitrogen and oxygen atoms in total. The standard InChI is InChI=1S/C22H31NO6/c1-12(24)28-14-7-9-21(3)16-8-10-22(4)15(5-6-18(22)29-13(2)25)19(16)20(23(26)27)17(21)11-14/h11,14-16,18-20H,5-10H2,1-4H3/t14-,15-,16-,18-,19-,20?,21+,22-/m0/s1. The number of carbonyl (C=O) groups excluding carboxylic acids is 2. The number of nitrogens with zero attached hydrogens (tertiary/aromatic N) is 1. The number of fused-ring (bicyclic) bond motifs is 5. The molecular weight excluding hydrogens is 374 g/mol. The van der Waals surface area contributed by atoms with E-state index in [1.807, 2.05) is 6.08 Å². The summed E-state index contributed by atoms with van der Waals surface area (Å²) < 4.78 is 11.0. The van der Waals surface area contributed by atoms with E-state index in [9.17, 15) is 19.7 Å². The summed E-state index contributed by atoms with van der Waals surface area (Å²) in [6.07, 6.45) is 6.34. The van der Waals surface area contributed by atoms with E-state index < -0.39 is 6.04 Å². The van der Waals surface area contributed by atoms with Gasteiger partial charge in [-0.15, -0.1) is 0 Å². The molecule has 0 N–H and O–H groups in total. The van der Waals surface area contributed by atoms with Crippen molar-refractivity contribution in [2.45, 2.75) is 84.5 Å². The van der Waals surface area contributed by atoms with Crippen molar-refractivity contribution in [2.24, 2.45) is 28.6 Å². The zero-order chi connectivity index (χ0) is 21.1. The Morgan fingerprint density at radius 2 is 1.72 bits per heavy atom. The van der Waals surface area contributed by atoms with Gasteiger partial charge in [-0.25, -0.2) is 0 Å². The van der Waals surface area contributed by atoms with Gasteiger partial charge in [-0.2, -0.15) is 0 Å². The van der Waals surface area contributed by atoms with Crippen molar-refractivity contribution < 1.29 is 24.0 Å². The van der Waals surface area contributed by atoms with Crippen molar-refractivity contribution >= 4 is 11.9 Å². The lowest BCUT2D eigenvalue weighted by atomic mass is 9.56. The lowest BCUT2D eigenvalue weighted by molar-refractivity contribution is -0.523. The van der Waals surface area contributed by atoms with Gasteiger partial charge in [-0.3, -0.25) is 19.7 Å². The Kier molecular flexibility index (Phi) is 4.78. The second-order valence-electron chi connectivity index (χ2n) is 9.97. The highest BCUT2D eigenvalue weighted by molar-refractivity contribution is 5.66. The van der Waals surface area contributed by atoms with Crippen molar-refractivity contribution in [1.29, 1.82) is 0 Å². The van der Waals surface area contributed by atoms with Crippen molar-refractivity contribution in [1.82, 2.24) is 0 Å². The van der Waals surface area contributed by atoms with Gasteiger partial charge in [-0.05, 0) is 61.9 Å². The molecule has 0 spiro atoms. The van der Waals surface area contributed by atoms with E-state index in [0.717, 1.165) is 37.7 Å². The highest BCUT2D eigenvalue weighted by atomic mass is 16.6. The molecule has 29 heavy (non-hydrogen) atoms. The van der Waals surface area contributed by atoms with Crippen LogP contribution in [0.5, 0.6) is 0 Å². The molecule has 1 unspecified atom stereocenters. The minimum atomic E-state index is -0.746. The highest BCUT2D eigenvalue weighted by Gasteiger charge is 2.68. The summed E-state index contributed by atoms with van der Waals surface area (Å²) >= 11 is 0. The van der Waals surface area contributed by atoms with E-state index in [1.54, 1.807) is 0 Å². The fraction of sp³-hybridized carbons (Fsp3) is 0.818. The molecule has 0 radical (unpaired) electrons. The van der Waals surface area contributed by atoms with Crippen molar-refractivity contribution in [3.05, 3.63) is 21.8 Å². The second-order valence-corrected chi connectivity index (χ2v) is 9.97. The number of hydrogen-bond acceptors (Lipinski definition) is 6. The molecule has 4 aliphatic carbocycles. The predicted molar refractivity (Wildman–Crippen MR) is 104 cm³/mol. The fourth-order valence-electron chi connectivity index (χ4n) is 7.39. The van der Waals surface area contributed by atoms with Crippen molar-refractivity contribution in [3.63, 3.8) is 0 Å². The van der Waals surface area contributed by atoms with Crippen LogP contribution < -0.4 is 0 Å². The van der Waals surface area contributed by atoms with Gasteiger partial charge in [0.2, 0.25) is 6.04 Å². The lowest BCUT2D eigenvalue weighted by Gasteiger charge is -2.48. The maximum absolute atomic E-state index is 12.3. The van der Waals surface area contributed by atoms with E-state index >= 15 is 0 Å². The molecule has 3 fully saturated rings. The highest BCUT2D eigenvalue weighted by Crippen LogP contribution is 2.68. The Morgan fingerprint density at radius 1 is 1.03 bits per heavy atom. The van der Waals surface area contributed by atoms with E-state index in [1.165, 1.54) is 13.8 Å². The summed E-state index contributed by atoms with van der Waals surface area (Å²) in [5.41, 5.74) is 0.427. The molecule has 160 valence electrons. The first-order chi connectivity index (χ1) is 13.6. The summed E-state index contributed by atoms with van der Waals surface area (Å²) in [5, 5.41) is 12.3. The quantitative estimate of drug-likeness (QED) is 0.308. The molecule has 0 aromatic rings. The molecular formula is C22H31NO6. The summed E-state index contributed by atoms with van der Waals surface area (Å²) in [6.45, 7) is 7.15. The smallest absolute Gasteiger partial charge is 0.303 e. The van der Waals surface area contributed by atoms with Crippen LogP contribution in [0.3, 0.4) is 0 Å². The molecule has 7 heteroatoms. The van der Waals surface area contributed by atoms with Crippen LogP contribution in [0.25, 0.3) is 0 Å². The lowest BCUT2D eigenvalue weighted by Crippen LogP contribution is -2.48. The molecule has 0 aromatic carbocycles. The van der Waals surface area contributed by atoms with Gasteiger partial charge in [-0.1, -0.05) is 13.8 Å². The number of rotatable bonds is 3.